The Kier molecular flexibility index (Phi) is 2.10. The van der Waals surface area contributed by atoms with Crippen LogP contribution in [0.15, 0.2) is 34.9 Å². The fraction of sp³-hybridized carbons (Fsp3) is 0.231. The van der Waals surface area contributed by atoms with Gasteiger partial charge in [0, 0.05) is 17.4 Å². The highest BCUT2D eigenvalue weighted by molar-refractivity contribution is 5.86. The molecule has 0 amide bonds. The topological polar surface area (TPSA) is 31.6 Å². The van der Waals surface area contributed by atoms with Crippen LogP contribution in [0.1, 0.15) is 12.2 Å². The van der Waals surface area contributed by atoms with Gasteiger partial charge in [-0.1, -0.05) is 12.1 Å². The molecule has 1 aromatic heterocycles. The zero-order valence-corrected chi connectivity index (χ0v) is 9.03. The number of hydrogen-bond donors (Lipinski definition) is 0. The Morgan fingerprint density at radius 1 is 1.31 bits per heavy atom. The third kappa shape index (κ3) is 1.36. The third-order valence-electron chi connectivity index (χ3n) is 2.76. The van der Waals surface area contributed by atoms with Crippen LogP contribution in [0.2, 0.25) is 0 Å². The molecule has 1 aromatic carbocycles. The van der Waals surface area contributed by atoms with E-state index in [2.05, 4.69) is 0 Å². The summed E-state index contributed by atoms with van der Waals surface area (Å²) in [6, 6.07) is 7.90. The monoisotopic (exact) mass is 216 g/mol. The number of fused-ring (bicyclic) bond motifs is 1. The lowest BCUT2D eigenvalue weighted by Gasteiger charge is -1.98. The first-order valence-electron chi connectivity index (χ1n) is 5.26. The molecule has 0 aliphatic carbocycles. The molecule has 2 aromatic rings. The van der Waals surface area contributed by atoms with Gasteiger partial charge in [0.1, 0.15) is 5.76 Å². The highest BCUT2D eigenvalue weighted by Gasteiger charge is 2.14. The van der Waals surface area contributed by atoms with Crippen molar-refractivity contribution in [3.63, 3.8) is 0 Å². The molecule has 3 nitrogen and oxygen atoms in total. The first kappa shape index (κ1) is 9.33. The molecule has 0 unspecified atom stereocenters. The first-order chi connectivity index (χ1) is 7.88. The quantitative estimate of drug-likeness (QED) is 0.772. The van der Waals surface area contributed by atoms with Gasteiger partial charge >= 0.3 is 0 Å². The minimum Gasteiger partial charge on any atom is -0.500 e. The summed E-state index contributed by atoms with van der Waals surface area (Å²) in [6.45, 7) is 0.740. The zero-order chi connectivity index (χ0) is 11.0. The van der Waals surface area contributed by atoms with E-state index in [4.69, 9.17) is 13.9 Å². The minimum absolute atomic E-state index is 0.740. The molecule has 0 radical (unpaired) electrons. The minimum atomic E-state index is 0.740. The lowest BCUT2D eigenvalue weighted by atomic mass is 10.1. The Labute approximate surface area is 93.3 Å². The molecule has 3 rings (SSSR count). The third-order valence-corrected chi connectivity index (χ3v) is 2.76. The normalized spacial score (nSPS) is 14.9. The molecule has 0 saturated carbocycles. The molecule has 16 heavy (non-hydrogen) atoms. The molecule has 0 N–H and O–H groups in total. The maximum atomic E-state index is 5.80. The molecule has 0 spiro atoms. The molecule has 3 heteroatoms. The van der Waals surface area contributed by atoms with Crippen molar-refractivity contribution < 1.29 is 13.9 Å². The highest BCUT2D eigenvalue weighted by atomic mass is 16.5. The average Bonchev–Trinajstić information content (AvgIpc) is 2.96. The van der Waals surface area contributed by atoms with Crippen molar-refractivity contribution in [1.29, 1.82) is 0 Å². The van der Waals surface area contributed by atoms with Gasteiger partial charge in [0.15, 0.2) is 11.3 Å². The summed E-state index contributed by atoms with van der Waals surface area (Å²) in [5.41, 5.74) is 1.91. The van der Waals surface area contributed by atoms with E-state index in [1.165, 1.54) is 0 Å². The summed E-state index contributed by atoms with van der Waals surface area (Å²) < 4.78 is 16.3. The summed E-state index contributed by atoms with van der Waals surface area (Å²) in [7, 11) is 1.65. The standard InChI is InChI=1S/C13H12O3/c1-14-11-4-2-3-9-7-12(16-13(9)11)10-5-6-15-8-10/h2-4,7-8H,5-6H2,1H3. The number of para-hydroxylation sites is 1. The van der Waals surface area contributed by atoms with Crippen LogP contribution in [-0.4, -0.2) is 13.7 Å². The Morgan fingerprint density at radius 2 is 2.25 bits per heavy atom. The van der Waals surface area contributed by atoms with E-state index in [0.29, 0.717) is 0 Å². The number of benzene rings is 1. The van der Waals surface area contributed by atoms with Gasteiger partial charge in [-0.3, -0.25) is 0 Å². The van der Waals surface area contributed by atoms with Crippen molar-refractivity contribution in [3.8, 4) is 5.75 Å². The van der Waals surface area contributed by atoms with Crippen LogP contribution < -0.4 is 4.74 Å². The lowest BCUT2D eigenvalue weighted by Crippen LogP contribution is -1.81. The second-order valence-corrected chi connectivity index (χ2v) is 3.75. The van der Waals surface area contributed by atoms with Gasteiger partial charge in [-0.2, -0.15) is 0 Å². The van der Waals surface area contributed by atoms with Crippen LogP contribution in [0.3, 0.4) is 0 Å². The summed E-state index contributed by atoms with van der Waals surface area (Å²) in [6.07, 6.45) is 2.67. The Hall–Kier alpha value is -1.90. The summed E-state index contributed by atoms with van der Waals surface area (Å²) in [5, 5.41) is 1.06. The van der Waals surface area contributed by atoms with Gasteiger partial charge in [0.25, 0.3) is 0 Å². The van der Waals surface area contributed by atoms with Gasteiger partial charge in [-0.05, 0) is 12.1 Å². The van der Waals surface area contributed by atoms with E-state index in [1.807, 2.05) is 24.3 Å². The molecular weight excluding hydrogens is 204 g/mol. The van der Waals surface area contributed by atoms with Crippen molar-refractivity contribution in [3.05, 3.63) is 36.3 Å². The van der Waals surface area contributed by atoms with E-state index in [-0.39, 0.29) is 0 Å². The van der Waals surface area contributed by atoms with E-state index in [9.17, 15) is 0 Å². The molecule has 0 saturated heterocycles. The molecule has 0 fully saturated rings. The maximum absolute atomic E-state index is 5.80. The zero-order valence-electron chi connectivity index (χ0n) is 9.03. The van der Waals surface area contributed by atoms with Crippen LogP contribution in [0.4, 0.5) is 0 Å². The number of hydrogen-bond acceptors (Lipinski definition) is 3. The predicted molar refractivity (Wildman–Crippen MR) is 61.3 cm³/mol. The van der Waals surface area contributed by atoms with E-state index in [1.54, 1.807) is 13.4 Å². The van der Waals surface area contributed by atoms with Crippen LogP contribution >= 0.6 is 0 Å². The van der Waals surface area contributed by atoms with Gasteiger partial charge < -0.3 is 13.9 Å². The Bertz CT molecular complexity index is 551. The van der Waals surface area contributed by atoms with Gasteiger partial charge in [0.05, 0.1) is 20.0 Å². The van der Waals surface area contributed by atoms with Crippen LogP contribution in [0.25, 0.3) is 16.5 Å². The smallest absolute Gasteiger partial charge is 0.176 e. The van der Waals surface area contributed by atoms with E-state index >= 15 is 0 Å². The number of ether oxygens (including phenoxy) is 2. The van der Waals surface area contributed by atoms with Crippen LogP contribution in [-0.2, 0) is 4.74 Å². The van der Waals surface area contributed by atoms with Crippen molar-refractivity contribution >= 4 is 16.5 Å². The molecular formula is C13H12O3. The maximum Gasteiger partial charge on any atom is 0.176 e. The van der Waals surface area contributed by atoms with E-state index < -0.39 is 0 Å². The molecule has 1 aliphatic rings. The number of methoxy groups -OCH3 is 1. The fourth-order valence-corrected chi connectivity index (χ4v) is 1.92. The van der Waals surface area contributed by atoms with Crippen molar-refractivity contribution in [1.82, 2.24) is 0 Å². The van der Waals surface area contributed by atoms with Crippen molar-refractivity contribution in [2.45, 2.75) is 6.42 Å². The van der Waals surface area contributed by atoms with Crippen molar-refractivity contribution in [2.75, 3.05) is 13.7 Å². The highest BCUT2D eigenvalue weighted by Crippen LogP contribution is 2.33. The first-order valence-corrected chi connectivity index (χ1v) is 5.26. The number of rotatable bonds is 2. The Balaban J connectivity index is 2.15. The van der Waals surface area contributed by atoms with Crippen LogP contribution in [0.5, 0.6) is 5.75 Å². The van der Waals surface area contributed by atoms with Crippen molar-refractivity contribution in [2.24, 2.45) is 0 Å². The number of furan rings is 1. The fourth-order valence-electron chi connectivity index (χ4n) is 1.92. The molecule has 0 bridgehead atoms. The van der Waals surface area contributed by atoms with Gasteiger partial charge in [0.2, 0.25) is 0 Å². The van der Waals surface area contributed by atoms with Gasteiger partial charge in [-0.15, -0.1) is 0 Å². The molecule has 0 atom stereocenters. The lowest BCUT2D eigenvalue weighted by molar-refractivity contribution is 0.281. The molecule has 2 heterocycles. The van der Waals surface area contributed by atoms with Crippen LogP contribution in [0, 0.1) is 0 Å². The molecule has 1 aliphatic heterocycles. The van der Waals surface area contributed by atoms with Gasteiger partial charge in [-0.25, -0.2) is 0 Å². The van der Waals surface area contributed by atoms with E-state index in [0.717, 1.165) is 41.1 Å². The largest absolute Gasteiger partial charge is 0.500 e. The Morgan fingerprint density at radius 3 is 3.00 bits per heavy atom. The average molecular weight is 216 g/mol. The summed E-state index contributed by atoms with van der Waals surface area (Å²) in [5.74, 6) is 1.64. The second-order valence-electron chi connectivity index (χ2n) is 3.75. The SMILES string of the molecule is COc1cccc2cc(C3=COCC3)oc12. The summed E-state index contributed by atoms with van der Waals surface area (Å²) in [4.78, 5) is 0. The molecule has 82 valence electrons. The second kappa shape index (κ2) is 3.59. The summed E-state index contributed by atoms with van der Waals surface area (Å²) >= 11 is 0. The predicted octanol–water partition coefficient (Wildman–Crippen LogP) is 3.20.